The van der Waals surface area contributed by atoms with Gasteiger partial charge in [-0.05, 0) is 30.9 Å². The molecule has 7 nitrogen and oxygen atoms in total. The maximum atomic E-state index is 13.7. The van der Waals surface area contributed by atoms with Crippen molar-refractivity contribution in [2.45, 2.75) is 44.4 Å². The van der Waals surface area contributed by atoms with Crippen LogP contribution in [0, 0.1) is 11.8 Å². The second-order valence-electron chi connectivity index (χ2n) is 8.93. The van der Waals surface area contributed by atoms with Crippen LogP contribution >= 0.6 is 0 Å². The summed E-state index contributed by atoms with van der Waals surface area (Å²) < 4.78 is 0. The van der Waals surface area contributed by atoms with Crippen molar-refractivity contribution in [3.05, 3.63) is 65.2 Å². The molecule has 5 rings (SSSR count). The van der Waals surface area contributed by atoms with Crippen molar-refractivity contribution >= 4 is 23.4 Å². The number of aryl methyl sites for hydroxylation is 1. The number of hydrogen-bond acceptors (Lipinski definition) is 5. The number of nitrogens with one attached hydrogen (secondary N) is 2. The number of amides is 3. The van der Waals surface area contributed by atoms with Gasteiger partial charge in [-0.1, -0.05) is 55.5 Å². The van der Waals surface area contributed by atoms with Crippen molar-refractivity contribution in [1.82, 2.24) is 10.2 Å². The van der Waals surface area contributed by atoms with E-state index in [4.69, 9.17) is 0 Å². The molecule has 3 heterocycles. The van der Waals surface area contributed by atoms with Crippen LogP contribution < -0.4 is 10.6 Å². The van der Waals surface area contributed by atoms with E-state index in [2.05, 4.69) is 10.6 Å². The van der Waals surface area contributed by atoms with E-state index in [1.165, 1.54) is 4.90 Å². The summed E-state index contributed by atoms with van der Waals surface area (Å²) in [6.45, 7) is 3.85. The van der Waals surface area contributed by atoms with Gasteiger partial charge in [0.25, 0.3) is 0 Å². The average Bonchev–Trinajstić information content (AvgIpc) is 3.38. The standard InChI is InChI=1S/C25H27N3O4/c1-3-16-10-7-11-17-21(16)26-24(32)25(17)19-18(20(27-25)14(2)29)22(30)28(23(19)31)13-12-15-8-5-4-6-9-15/h4-11,14,18-20,27,29H,3,12-13H2,1-2H3,(H,26,32)/t14-,18+,19-,20-,25-/m1/s1. The molecule has 3 amide bonds. The van der Waals surface area contributed by atoms with Gasteiger partial charge in [-0.15, -0.1) is 0 Å². The summed E-state index contributed by atoms with van der Waals surface area (Å²) in [6, 6.07) is 14.6. The Morgan fingerprint density at radius 1 is 1.06 bits per heavy atom. The Balaban J connectivity index is 1.56. The molecule has 2 saturated heterocycles. The second kappa shape index (κ2) is 7.53. The molecule has 3 N–H and O–H groups in total. The normalized spacial score (nSPS) is 29.4. The highest BCUT2D eigenvalue weighted by Gasteiger charge is 2.71. The number of imide groups is 1. The Labute approximate surface area is 186 Å². The third-order valence-electron chi connectivity index (χ3n) is 7.23. The molecule has 0 aromatic heterocycles. The van der Waals surface area contributed by atoms with Crippen LogP contribution in [0.15, 0.2) is 48.5 Å². The number of rotatable bonds is 5. The number of anilines is 1. The third-order valence-corrected chi connectivity index (χ3v) is 7.23. The highest BCUT2D eigenvalue weighted by atomic mass is 16.3. The van der Waals surface area contributed by atoms with Gasteiger partial charge in [-0.2, -0.15) is 0 Å². The zero-order valence-corrected chi connectivity index (χ0v) is 18.2. The van der Waals surface area contributed by atoms with Crippen molar-refractivity contribution in [2.75, 3.05) is 11.9 Å². The highest BCUT2D eigenvalue weighted by Crippen LogP contribution is 2.53. The lowest BCUT2D eigenvalue weighted by molar-refractivity contribution is -0.143. The molecule has 2 aromatic rings. The van der Waals surface area contributed by atoms with Crippen molar-refractivity contribution in [3.8, 4) is 0 Å². The maximum Gasteiger partial charge on any atom is 0.250 e. The van der Waals surface area contributed by atoms with E-state index in [-0.39, 0.29) is 24.3 Å². The monoisotopic (exact) mass is 433 g/mol. The quantitative estimate of drug-likeness (QED) is 0.622. The molecule has 0 aliphatic carbocycles. The van der Waals surface area contributed by atoms with Crippen molar-refractivity contribution in [3.63, 3.8) is 0 Å². The minimum atomic E-state index is -1.36. The Morgan fingerprint density at radius 3 is 2.50 bits per heavy atom. The van der Waals surface area contributed by atoms with Crippen LogP contribution in [0.3, 0.4) is 0 Å². The first-order chi connectivity index (χ1) is 15.4. The van der Waals surface area contributed by atoms with E-state index >= 15 is 0 Å². The zero-order chi connectivity index (χ0) is 22.6. The Morgan fingerprint density at radius 2 is 1.81 bits per heavy atom. The Hall–Kier alpha value is -3.03. The Kier molecular flexibility index (Phi) is 4.91. The number of nitrogens with zero attached hydrogens (tertiary/aromatic N) is 1. The highest BCUT2D eigenvalue weighted by molar-refractivity contribution is 6.15. The second-order valence-corrected chi connectivity index (χ2v) is 8.93. The van der Waals surface area contributed by atoms with Gasteiger partial charge >= 0.3 is 0 Å². The van der Waals surface area contributed by atoms with E-state index in [1.54, 1.807) is 6.92 Å². The lowest BCUT2D eigenvalue weighted by Crippen LogP contribution is -2.54. The predicted molar refractivity (Wildman–Crippen MR) is 119 cm³/mol. The van der Waals surface area contributed by atoms with Gasteiger partial charge in [-0.3, -0.25) is 24.6 Å². The van der Waals surface area contributed by atoms with Crippen LogP contribution in [-0.4, -0.2) is 46.4 Å². The predicted octanol–water partition coefficient (Wildman–Crippen LogP) is 1.59. The van der Waals surface area contributed by atoms with Crippen LogP contribution in [0.1, 0.15) is 30.5 Å². The van der Waals surface area contributed by atoms with Crippen LogP contribution in [0.25, 0.3) is 0 Å². The van der Waals surface area contributed by atoms with Crippen LogP contribution in [0.4, 0.5) is 5.69 Å². The van der Waals surface area contributed by atoms with Gasteiger partial charge in [0.2, 0.25) is 17.7 Å². The van der Waals surface area contributed by atoms with Gasteiger partial charge in [0.15, 0.2) is 0 Å². The molecular weight excluding hydrogens is 406 g/mol. The SMILES string of the molecule is CCc1cccc2c1NC(=O)[C@@]21N[C@H]([C@@H](C)O)[C@H]2C(=O)N(CCc3ccccc3)C(=O)[C@@H]21. The number of benzene rings is 2. The first kappa shape index (κ1) is 20.8. The molecule has 32 heavy (non-hydrogen) atoms. The summed E-state index contributed by atoms with van der Waals surface area (Å²) >= 11 is 0. The van der Waals surface area contributed by atoms with Crippen molar-refractivity contribution < 1.29 is 19.5 Å². The minimum absolute atomic E-state index is 0.251. The molecule has 0 bridgehead atoms. The molecule has 1 spiro atoms. The van der Waals surface area contributed by atoms with Crippen molar-refractivity contribution in [2.24, 2.45) is 11.8 Å². The van der Waals surface area contributed by atoms with Gasteiger partial charge in [0.1, 0.15) is 5.54 Å². The fourth-order valence-corrected chi connectivity index (χ4v) is 5.69. The van der Waals surface area contributed by atoms with E-state index < -0.39 is 29.5 Å². The largest absolute Gasteiger partial charge is 0.392 e. The number of aliphatic hydroxyl groups is 1. The number of para-hydroxylation sites is 1. The molecule has 166 valence electrons. The molecule has 2 aromatic carbocycles. The maximum absolute atomic E-state index is 13.7. The first-order valence-corrected chi connectivity index (χ1v) is 11.2. The van der Waals surface area contributed by atoms with E-state index in [1.807, 2.05) is 55.5 Å². The summed E-state index contributed by atoms with van der Waals surface area (Å²) in [5.41, 5.74) is 2.04. The summed E-state index contributed by atoms with van der Waals surface area (Å²) in [4.78, 5) is 41.8. The summed E-state index contributed by atoms with van der Waals surface area (Å²) in [5, 5.41) is 16.7. The average molecular weight is 434 g/mol. The lowest BCUT2D eigenvalue weighted by Gasteiger charge is -2.30. The minimum Gasteiger partial charge on any atom is -0.392 e. The van der Waals surface area contributed by atoms with Crippen LogP contribution in [0.2, 0.25) is 0 Å². The Bertz CT molecular complexity index is 1100. The number of fused-ring (bicyclic) bond motifs is 4. The molecule has 3 aliphatic rings. The van der Waals surface area contributed by atoms with Gasteiger partial charge < -0.3 is 10.4 Å². The summed E-state index contributed by atoms with van der Waals surface area (Å²) in [5.74, 6) is -2.69. The fourth-order valence-electron chi connectivity index (χ4n) is 5.69. The molecule has 0 unspecified atom stereocenters. The number of aliphatic hydroxyl groups excluding tert-OH is 1. The van der Waals surface area contributed by atoms with E-state index in [0.717, 1.165) is 17.5 Å². The summed E-state index contributed by atoms with van der Waals surface area (Å²) in [7, 11) is 0. The molecule has 0 radical (unpaired) electrons. The zero-order valence-electron chi connectivity index (χ0n) is 18.2. The fraction of sp³-hybridized carbons (Fsp3) is 0.400. The topological polar surface area (TPSA) is 98.7 Å². The number of carbonyl (C=O) groups is 3. The number of hydrogen-bond donors (Lipinski definition) is 3. The molecular formula is C25H27N3O4. The smallest absolute Gasteiger partial charge is 0.250 e. The summed E-state index contributed by atoms with van der Waals surface area (Å²) in [6.07, 6.45) is 0.364. The van der Waals surface area contributed by atoms with E-state index in [9.17, 15) is 19.5 Å². The van der Waals surface area contributed by atoms with Crippen LogP contribution in [0.5, 0.6) is 0 Å². The molecule has 0 saturated carbocycles. The molecule has 3 aliphatic heterocycles. The third kappa shape index (κ3) is 2.77. The van der Waals surface area contributed by atoms with Gasteiger partial charge in [-0.25, -0.2) is 0 Å². The first-order valence-electron chi connectivity index (χ1n) is 11.2. The molecule has 5 atom stereocenters. The van der Waals surface area contributed by atoms with Crippen LogP contribution in [-0.2, 0) is 32.8 Å². The van der Waals surface area contributed by atoms with Gasteiger partial charge in [0, 0.05) is 23.8 Å². The number of carbonyl (C=O) groups excluding carboxylic acids is 3. The molecule has 7 heteroatoms. The molecule has 2 fully saturated rings. The van der Waals surface area contributed by atoms with E-state index in [0.29, 0.717) is 17.7 Å². The van der Waals surface area contributed by atoms with Crippen molar-refractivity contribution in [1.29, 1.82) is 0 Å². The lowest BCUT2D eigenvalue weighted by atomic mass is 9.76. The van der Waals surface area contributed by atoms with Gasteiger partial charge in [0.05, 0.1) is 17.9 Å². The number of likely N-dealkylation sites (tertiary alicyclic amines) is 1.